The minimum absolute atomic E-state index is 0.0906. The van der Waals surface area contributed by atoms with E-state index in [4.69, 9.17) is 4.74 Å². The highest BCUT2D eigenvalue weighted by Gasteiger charge is 2.27. The molecule has 28 heavy (non-hydrogen) atoms. The third-order valence-corrected chi connectivity index (χ3v) is 3.62. The molecular formula is C18H20F3N3O4. The Kier molecular flexibility index (Phi) is 7.70. The number of ether oxygens (including phenoxy) is 2. The van der Waals surface area contributed by atoms with E-state index in [-0.39, 0.29) is 37.6 Å². The van der Waals surface area contributed by atoms with Crippen molar-refractivity contribution in [3.8, 4) is 0 Å². The average molecular weight is 399 g/mol. The van der Waals surface area contributed by atoms with Crippen LogP contribution in [-0.2, 0) is 29.2 Å². The first-order valence-electron chi connectivity index (χ1n) is 8.36. The van der Waals surface area contributed by atoms with Gasteiger partial charge in [0, 0.05) is 19.7 Å². The predicted molar refractivity (Wildman–Crippen MR) is 93.7 cm³/mol. The molecule has 1 heterocycles. The van der Waals surface area contributed by atoms with Crippen molar-refractivity contribution in [1.82, 2.24) is 15.1 Å². The van der Waals surface area contributed by atoms with E-state index in [9.17, 15) is 22.8 Å². The summed E-state index contributed by atoms with van der Waals surface area (Å²) in [6.07, 6.45) is -4.36. The standard InChI is InChI=1S/C18H20F3N3O4/c1-27-9-8-24-16(25)7-6-15(23-24)17(26)22-10-13-2-4-14(5-3-13)11-28-12-18(19,20)21/h2-7H,8-12H2,1H3,(H,22,26). The smallest absolute Gasteiger partial charge is 0.383 e. The fourth-order valence-electron chi connectivity index (χ4n) is 2.22. The quantitative estimate of drug-likeness (QED) is 0.697. The van der Waals surface area contributed by atoms with Crippen LogP contribution in [0.1, 0.15) is 21.6 Å². The van der Waals surface area contributed by atoms with Crippen LogP contribution in [-0.4, -0.2) is 42.2 Å². The molecule has 0 aliphatic rings. The molecule has 1 aromatic carbocycles. The highest BCUT2D eigenvalue weighted by Crippen LogP contribution is 2.15. The Bertz CT molecular complexity index is 835. The fraction of sp³-hybridized carbons (Fsp3) is 0.389. The second-order valence-corrected chi connectivity index (χ2v) is 5.88. The molecule has 152 valence electrons. The molecule has 0 spiro atoms. The van der Waals surface area contributed by atoms with Gasteiger partial charge in [0.15, 0.2) is 0 Å². The van der Waals surface area contributed by atoms with Crippen LogP contribution in [0, 0.1) is 0 Å². The zero-order valence-electron chi connectivity index (χ0n) is 15.2. The first-order valence-corrected chi connectivity index (χ1v) is 8.36. The number of carbonyl (C=O) groups is 1. The van der Waals surface area contributed by atoms with Gasteiger partial charge in [-0.15, -0.1) is 0 Å². The van der Waals surface area contributed by atoms with Crippen LogP contribution >= 0.6 is 0 Å². The molecular weight excluding hydrogens is 379 g/mol. The molecule has 0 bridgehead atoms. The molecule has 0 atom stereocenters. The molecule has 0 unspecified atom stereocenters. The van der Waals surface area contributed by atoms with Crippen LogP contribution in [0.2, 0.25) is 0 Å². The third-order valence-electron chi connectivity index (χ3n) is 3.62. The lowest BCUT2D eigenvalue weighted by Crippen LogP contribution is -2.30. The molecule has 0 radical (unpaired) electrons. The maximum absolute atomic E-state index is 12.2. The number of hydrogen-bond donors (Lipinski definition) is 1. The highest BCUT2D eigenvalue weighted by atomic mass is 19.4. The number of nitrogens with one attached hydrogen (secondary N) is 1. The van der Waals surface area contributed by atoms with Gasteiger partial charge in [-0.25, -0.2) is 4.68 Å². The molecule has 2 rings (SSSR count). The predicted octanol–water partition coefficient (Wildman–Crippen LogP) is 1.90. The first kappa shape index (κ1) is 21.6. The molecule has 7 nitrogen and oxygen atoms in total. The first-order chi connectivity index (χ1) is 13.3. The minimum atomic E-state index is -4.36. The summed E-state index contributed by atoms with van der Waals surface area (Å²) in [5.74, 6) is -0.455. The number of hydrogen-bond acceptors (Lipinski definition) is 5. The number of benzene rings is 1. The summed E-state index contributed by atoms with van der Waals surface area (Å²) in [5, 5.41) is 6.67. The Morgan fingerprint density at radius 2 is 1.82 bits per heavy atom. The summed E-state index contributed by atoms with van der Waals surface area (Å²) < 4.78 is 46.8. The molecule has 0 aliphatic carbocycles. The molecule has 0 fully saturated rings. The Labute approximate surface area is 159 Å². The number of nitrogens with zero attached hydrogens (tertiary/aromatic N) is 2. The lowest BCUT2D eigenvalue weighted by Gasteiger charge is -2.09. The van der Waals surface area contributed by atoms with Crippen molar-refractivity contribution in [2.45, 2.75) is 25.9 Å². The summed E-state index contributed by atoms with van der Waals surface area (Å²) in [6.45, 7) is -0.740. The topological polar surface area (TPSA) is 82.5 Å². The lowest BCUT2D eigenvalue weighted by molar-refractivity contribution is -0.176. The largest absolute Gasteiger partial charge is 0.411 e. The van der Waals surface area contributed by atoms with Gasteiger partial charge < -0.3 is 14.8 Å². The molecule has 2 aromatic rings. The van der Waals surface area contributed by atoms with Crippen LogP contribution in [0.15, 0.2) is 41.2 Å². The van der Waals surface area contributed by atoms with Gasteiger partial charge in [0.1, 0.15) is 12.3 Å². The van der Waals surface area contributed by atoms with Crippen molar-refractivity contribution in [3.63, 3.8) is 0 Å². The zero-order chi connectivity index (χ0) is 20.6. The number of halogens is 3. The maximum Gasteiger partial charge on any atom is 0.411 e. The van der Waals surface area contributed by atoms with Crippen molar-refractivity contribution in [3.05, 3.63) is 63.6 Å². The van der Waals surface area contributed by atoms with Crippen LogP contribution in [0.4, 0.5) is 13.2 Å². The molecule has 1 N–H and O–H groups in total. The summed E-state index contributed by atoms with van der Waals surface area (Å²) in [5.41, 5.74) is 1.09. The second-order valence-electron chi connectivity index (χ2n) is 5.88. The zero-order valence-corrected chi connectivity index (χ0v) is 15.2. The van der Waals surface area contributed by atoms with E-state index in [1.54, 1.807) is 24.3 Å². The van der Waals surface area contributed by atoms with Gasteiger partial charge in [0.05, 0.1) is 19.8 Å². The van der Waals surface area contributed by atoms with Crippen molar-refractivity contribution in [2.75, 3.05) is 20.3 Å². The van der Waals surface area contributed by atoms with Crippen LogP contribution in [0.5, 0.6) is 0 Å². The molecule has 0 saturated carbocycles. The molecule has 10 heteroatoms. The van der Waals surface area contributed by atoms with E-state index in [2.05, 4.69) is 15.2 Å². The SMILES string of the molecule is COCCn1nc(C(=O)NCc2ccc(COCC(F)(F)F)cc2)ccc1=O. The van der Waals surface area contributed by atoms with E-state index in [1.807, 2.05) is 0 Å². The summed E-state index contributed by atoms with van der Waals surface area (Å²) in [6, 6.07) is 9.20. The summed E-state index contributed by atoms with van der Waals surface area (Å²) in [4.78, 5) is 23.9. The minimum Gasteiger partial charge on any atom is -0.383 e. The Morgan fingerprint density at radius 3 is 2.46 bits per heavy atom. The van der Waals surface area contributed by atoms with Gasteiger partial charge >= 0.3 is 6.18 Å². The molecule has 1 aromatic heterocycles. The van der Waals surface area contributed by atoms with Gasteiger partial charge in [0.25, 0.3) is 11.5 Å². The molecule has 0 aliphatic heterocycles. The Hall–Kier alpha value is -2.72. The van der Waals surface area contributed by atoms with Gasteiger partial charge in [-0.1, -0.05) is 24.3 Å². The van der Waals surface area contributed by atoms with Crippen molar-refractivity contribution < 1.29 is 27.4 Å². The number of alkyl halides is 3. The maximum atomic E-state index is 12.2. The van der Waals surface area contributed by atoms with E-state index in [0.717, 1.165) is 10.2 Å². The number of aromatic nitrogens is 2. The number of amides is 1. The van der Waals surface area contributed by atoms with Crippen LogP contribution in [0.25, 0.3) is 0 Å². The van der Waals surface area contributed by atoms with Crippen molar-refractivity contribution >= 4 is 5.91 Å². The Morgan fingerprint density at radius 1 is 1.14 bits per heavy atom. The van der Waals surface area contributed by atoms with Crippen LogP contribution in [0.3, 0.4) is 0 Å². The van der Waals surface area contributed by atoms with Gasteiger partial charge in [-0.05, 0) is 17.2 Å². The van der Waals surface area contributed by atoms with Crippen molar-refractivity contribution in [1.29, 1.82) is 0 Å². The number of carbonyl (C=O) groups excluding carboxylic acids is 1. The van der Waals surface area contributed by atoms with E-state index < -0.39 is 18.7 Å². The van der Waals surface area contributed by atoms with E-state index in [1.165, 1.54) is 19.2 Å². The highest BCUT2D eigenvalue weighted by molar-refractivity contribution is 5.91. The van der Waals surface area contributed by atoms with Crippen molar-refractivity contribution in [2.24, 2.45) is 0 Å². The van der Waals surface area contributed by atoms with Gasteiger partial charge in [0.2, 0.25) is 0 Å². The van der Waals surface area contributed by atoms with Crippen LogP contribution < -0.4 is 10.9 Å². The van der Waals surface area contributed by atoms with E-state index in [0.29, 0.717) is 5.56 Å². The average Bonchev–Trinajstić information content (AvgIpc) is 2.65. The second kappa shape index (κ2) is 10.00. The van der Waals surface area contributed by atoms with Gasteiger partial charge in [-0.2, -0.15) is 18.3 Å². The number of methoxy groups -OCH3 is 1. The normalized spacial score (nSPS) is 11.4. The molecule has 1 amide bonds. The van der Waals surface area contributed by atoms with Gasteiger partial charge in [-0.3, -0.25) is 9.59 Å². The summed E-state index contributed by atoms with van der Waals surface area (Å²) in [7, 11) is 1.50. The lowest BCUT2D eigenvalue weighted by atomic mass is 10.1. The monoisotopic (exact) mass is 399 g/mol. The molecule has 0 saturated heterocycles. The third kappa shape index (κ3) is 7.12. The fourth-order valence-corrected chi connectivity index (χ4v) is 2.22. The van der Waals surface area contributed by atoms with E-state index >= 15 is 0 Å². The Balaban J connectivity index is 1.88. The summed E-state index contributed by atoms with van der Waals surface area (Å²) >= 11 is 0. The number of rotatable bonds is 9.